The third-order valence-electron chi connectivity index (χ3n) is 3.91. The fourth-order valence-corrected chi connectivity index (χ4v) is 4.92. The van der Waals surface area contributed by atoms with Gasteiger partial charge in [-0.2, -0.15) is 0 Å². The Morgan fingerprint density at radius 3 is 2.35 bits per heavy atom. The largest absolute Gasteiger partial charge is 0.469 e. The van der Waals surface area contributed by atoms with E-state index < -0.39 is 19.3 Å². The van der Waals surface area contributed by atoms with Crippen LogP contribution in [-0.2, 0) is 23.1 Å². The first-order valence-corrected chi connectivity index (χ1v) is 9.44. The summed E-state index contributed by atoms with van der Waals surface area (Å²) in [7, 11) is -1.97. The highest BCUT2D eigenvalue weighted by molar-refractivity contribution is 7.54. The van der Waals surface area contributed by atoms with Crippen molar-refractivity contribution >= 4 is 13.6 Å². The van der Waals surface area contributed by atoms with E-state index in [1.54, 1.807) is 13.8 Å². The molecule has 1 aromatic rings. The highest BCUT2D eigenvalue weighted by Gasteiger charge is 2.48. The summed E-state index contributed by atoms with van der Waals surface area (Å²) in [5.74, 6) is -1.29. The summed E-state index contributed by atoms with van der Waals surface area (Å²) in [4.78, 5) is 12.2. The van der Waals surface area contributed by atoms with Gasteiger partial charge in [0, 0.05) is 6.04 Å². The zero-order valence-corrected chi connectivity index (χ0v) is 14.6. The number of benzene rings is 1. The second-order valence-electron chi connectivity index (χ2n) is 5.31. The summed E-state index contributed by atoms with van der Waals surface area (Å²) in [6.07, 6.45) is 0.351. The molecule has 0 spiro atoms. The molecule has 1 heterocycles. The van der Waals surface area contributed by atoms with E-state index in [0.29, 0.717) is 6.42 Å². The number of carbonyl (C=O) groups excluding carboxylic acids is 1. The van der Waals surface area contributed by atoms with E-state index in [1.807, 2.05) is 30.3 Å². The molecule has 6 nitrogen and oxygen atoms in total. The molecule has 0 unspecified atom stereocenters. The average molecular weight is 341 g/mol. The number of carbonyl (C=O) groups is 1. The number of methoxy groups -OCH3 is 1. The van der Waals surface area contributed by atoms with Crippen molar-refractivity contribution in [2.45, 2.75) is 32.1 Å². The van der Waals surface area contributed by atoms with E-state index in [-0.39, 0.29) is 25.2 Å². The molecule has 1 aliphatic heterocycles. The van der Waals surface area contributed by atoms with Crippen molar-refractivity contribution < 1.29 is 23.1 Å². The van der Waals surface area contributed by atoms with Crippen LogP contribution in [0.1, 0.15) is 31.9 Å². The number of hydrogen-bond acceptors (Lipinski definition) is 6. The van der Waals surface area contributed by atoms with Gasteiger partial charge in [-0.3, -0.25) is 14.7 Å². The first-order valence-electron chi connectivity index (χ1n) is 7.83. The van der Waals surface area contributed by atoms with E-state index in [2.05, 4.69) is 5.32 Å². The van der Waals surface area contributed by atoms with E-state index in [1.165, 1.54) is 7.11 Å². The summed E-state index contributed by atoms with van der Waals surface area (Å²) in [6.45, 7) is 4.11. The van der Waals surface area contributed by atoms with E-state index in [4.69, 9.17) is 13.8 Å². The van der Waals surface area contributed by atoms with Crippen molar-refractivity contribution in [2.75, 3.05) is 20.3 Å². The van der Waals surface area contributed by atoms with Gasteiger partial charge in [-0.05, 0) is 25.8 Å². The van der Waals surface area contributed by atoms with Crippen LogP contribution in [0.5, 0.6) is 0 Å². The van der Waals surface area contributed by atoms with Gasteiger partial charge < -0.3 is 13.8 Å². The minimum Gasteiger partial charge on any atom is -0.469 e. The molecule has 7 heteroatoms. The van der Waals surface area contributed by atoms with Gasteiger partial charge >= 0.3 is 13.6 Å². The van der Waals surface area contributed by atoms with Crippen LogP contribution in [0.4, 0.5) is 0 Å². The fourth-order valence-electron chi connectivity index (χ4n) is 2.94. The molecule has 0 bridgehead atoms. The van der Waals surface area contributed by atoms with Crippen LogP contribution in [0.25, 0.3) is 0 Å². The lowest BCUT2D eigenvalue weighted by atomic mass is 9.94. The molecule has 128 valence electrons. The van der Waals surface area contributed by atoms with Crippen LogP contribution < -0.4 is 5.32 Å². The molecule has 3 atom stereocenters. The Hall–Kier alpha value is -1.20. The van der Waals surface area contributed by atoms with Gasteiger partial charge in [0.2, 0.25) is 0 Å². The molecular formula is C16H24NO5P. The molecule has 0 amide bonds. The minimum atomic E-state index is -3.33. The zero-order valence-electron chi connectivity index (χ0n) is 13.7. The molecule has 2 rings (SSSR count). The fraction of sp³-hybridized carbons (Fsp3) is 0.562. The zero-order chi connectivity index (χ0) is 16.9. The third-order valence-corrected chi connectivity index (χ3v) is 6.27. The van der Waals surface area contributed by atoms with Crippen molar-refractivity contribution in [1.29, 1.82) is 0 Å². The SMILES string of the molecule is CCOP(=O)(OCC)[C@@H]1C[C@H](C(=O)OC)[C@H](c2ccccc2)N1. The summed E-state index contributed by atoms with van der Waals surface area (Å²) in [5, 5.41) is 3.27. The lowest BCUT2D eigenvalue weighted by Gasteiger charge is -2.23. The third kappa shape index (κ3) is 4.01. The Morgan fingerprint density at radius 1 is 1.22 bits per heavy atom. The second-order valence-corrected chi connectivity index (χ2v) is 7.53. The number of ether oxygens (including phenoxy) is 1. The predicted octanol–water partition coefficient (Wildman–Crippen LogP) is 3.10. The van der Waals surface area contributed by atoms with Gasteiger partial charge in [0.1, 0.15) is 5.78 Å². The molecule has 1 fully saturated rings. The summed E-state index contributed by atoms with van der Waals surface area (Å²) >= 11 is 0. The molecule has 1 saturated heterocycles. The molecule has 0 saturated carbocycles. The molecule has 0 aromatic heterocycles. The van der Waals surface area contributed by atoms with Gasteiger partial charge in [-0.15, -0.1) is 0 Å². The van der Waals surface area contributed by atoms with E-state index in [0.717, 1.165) is 5.56 Å². The van der Waals surface area contributed by atoms with Gasteiger partial charge in [0.15, 0.2) is 0 Å². The minimum absolute atomic E-state index is 0.275. The standard InChI is InChI=1S/C16H24NO5P/c1-4-21-23(19,22-5-2)14-11-13(16(18)20-3)15(17-14)12-9-7-6-8-10-12/h6-10,13-15,17H,4-5,11H2,1-3H3/t13-,14+,15-/m0/s1. The highest BCUT2D eigenvalue weighted by Crippen LogP contribution is 2.57. The van der Waals surface area contributed by atoms with Crippen LogP contribution in [-0.4, -0.2) is 32.1 Å². The highest BCUT2D eigenvalue weighted by atomic mass is 31.2. The first kappa shape index (κ1) is 18.1. The molecule has 1 N–H and O–H groups in total. The number of nitrogens with one attached hydrogen (secondary N) is 1. The number of esters is 1. The molecule has 1 aromatic carbocycles. The van der Waals surface area contributed by atoms with E-state index in [9.17, 15) is 9.36 Å². The Balaban J connectivity index is 2.29. The van der Waals surface area contributed by atoms with E-state index >= 15 is 0 Å². The van der Waals surface area contributed by atoms with Gasteiger partial charge in [-0.25, -0.2) is 0 Å². The Labute approximate surface area is 137 Å². The summed E-state index contributed by atoms with van der Waals surface area (Å²) < 4.78 is 28.7. The number of rotatable bonds is 7. The molecule has 1 aliphatic rings. The number of hydrogen-bond donors (Lipinski definition) is 1. The van der Waals surface area contributed by atoms with Crippen molar-refractivity contribution in [1.82, 2.24) is 5.32 Å². The maximum Gasteiger partial charge on any atom is 0.347 e. The smallest absolute Gasteiger partial charge is 0.347 e. The maximum atomic E-state index is 13.0. The maximum absolute atomic E-state index is 13.0. The molecule has 23 heavy (non-hydrogen) atoms. The van der Waals surface area contributed by atoms with Crippen molar-refractivity contribution in [2.24, 2.45) is 5.92 Å². The summed E-state index contributed by atoms with van der Waals surface area (Å²) in [6, 6.07) is 9.31. The molecular weight excluding hydrogens is 317 g/mol. The van der Waals surface area contributed by atoms with Crippen LogP contribution in [0.15, 0.2) is 30.3 Å². The lowest BCUT2D eigenvalue weighted by Crippen LogP contribution is -2.28. The monoisotopic (exact) mass is 341 g/mol. The van der Waals surface area contributed by atoms with Crippen LogP contribution in [0, 0.1) is 5.92 Å². The molecule has 0 aliphatic carbocycles. The first-order chi connectivity index (χ1) is 11.1. The summed E-state index contributed by atoms with van der Waals surface area (Å²) in [5.41, 5.74) is 0.949. The van der Waals surface area contributed by atoms with Gasteiger partial charge in [0.25, 0.3) is 0 Å². The average Bonchev–Trinajstić information content (AvgIpc) is 3.01. The Bertz CT molecular complexity index is 555. The normalized spacial score (nSPS) is 24.6. The van der Waals surface area contributed by atoms with Crippen molar-refractivity contribution in [3.05, 3.63) is 35.9 Å². The van der Waals surface area contributed by atoms with Crippen molar-refractivity contribution in [3.63, 3.8) is 0 Å². The van der Waals surface area contributed by atoms with Gasteiger partial charge in [-0.1, -0.05) is 30.3 Å². The van der Waals surface area contributed by atoms with Crippen molar-refractivity contribution in [3.8, 4) is 0 Å². The second kappa shape index (κ2) is 8.06. The lowest BCUT2D eigenvalue weighted by molar-refractivity contribution is -0.145. The Morgan fingerprint density at radius 2 is 1.83 bits per heavy atom. The van der Waals surface area contributed by atoms with Gasteiger partial charge in [0.05, 0.1) is 26.2 Å². The Kier molecular flexibility index (Phi) is 6.36. The predicted molar refractivity (Wildman–Crippen MR) is 87.1 cm³/mol. The quantitative estimate of drug-likeness (QED) is 0.607. The van der Waals surface area contributed by atoms with Crippen LogP contribution in [0.3, 0.4) is 0 Å². The molecule has 0 radical (unpaired) electrons. The van der Waals surface area contributed by atoms with Crippen LogP contribution in [0.2, 0.25) is 0 Å². The van der Waals surface area contributed by atoms with Crippen LogP contribution >= 0.6 is 7.60 Å². The topological polar surface area (TPSA) is 73.9 Å².